The Hall–Kier alpha value is -4.38. The summed E-state index contributed by atoms with van der Waals surface area (Å²) in [6, 6.07) is 0. The van der Waals surface area contributed by atoms with Crippen molar-refractivity contribution in [3.63, 3.8) is 0 Å². The maximum Gasteiger partial charge on any atom is 0.472 e. The number of rotatable bonds is 54. The third-order valence-electron chi connectivity index (χ3n) is 12.1. The van der Waals surface area contributed by atoms with Gasteiger partial charge in [-0.3, -0.25) is 23.4 Å². The van der Waals surface area contributed by atoms with Crippen molar-refractivity contribution in [2.75, 3.05) is 26.4 Å². The number of aliphatic hydroxyl groups is 1. The molecule has 0 heterocycles. The van der Waals surface area contributed by atoms with E-state index < -0.39 is 57.8 Å². The minimum atomic E-state index is -4.79. The lowest BCUT2D eigenvalue weighted by atomic mass is 10.1. The summed E-state index contributed by atoms with van der Waals surface area (Å²) in [5, 5.41) is 9.81. The van der Waals surface area contributed by atoms with E-state index in [1.165, 1.54) is 57.8 Å². The number of phosphoric ester groups is 1. The van der Waals surface area contributed by atoms with Crippen molar-refractivity contribution in [3.05, 3.63) is 134 Å². The van der Waals surface area contributed by atoms with Crippen molar-refractivity contribution in [2.24, 2.45) is 0 Å². The van der Waals surface area contributed by atoms with Gasteiger partial charge in [-0.15, -0.1) is 0 Å². The molecule has 0 spiro atoms. The molecule has 2 N–H and O–H groups in total. The number of hydrogen-bond acceptors (Lipinski definition) is 10. The molecule has 0 amide bonds. The van der Waals surface area contributed by atoms with Crippen molar-refractivity contribution in [1.29, 1.82) is 0 Å². The first-order valence-electron chi connectivity index (χ1n) is 30.1. The number of unbranched alkanes of at least 4 members (excludes halogenated alkanes) is 15. The maximum atomic E-state index is 12.9. The zero-order chi connectivity index (χ0) is 56.9. The van der Waals surface area contributed by atoms with E-state index in [2.05, 4.69) is 142 Å². The normalized spacial score (nSPS) is 14.3. The molecule has 0 fully saturated rings. The largest absolute Gasteiger partial charge is 0.472 e. The van der Waals surface area contributed by atoms with E-state index in [4.69, 9.17) is 23.3 Å². The standard InChI is InChI=1S/C66H107O11P/c1-4-7-10-13-16-19-22-25-27-29-31-33-35-38-40-43-46-49-52-55-64(68)73-59-63(77-66(70)57-54-51-48-45-42-39-36-34-32-30-28-26-23-20-17-14-11-8-5-2)61-75-78(71,72)74-60-62(58-67)76-65(69)56-53-50-47-44-41-37-24-21-18-15-12-9-6-3/h8-9,11-12,16-21,25-28,32,34,37,39,41-42,48,51,62-63,67H,4-7,10,13-15,22-24,29-31,33,35-36,38,40,43-47,49-50,52-61H2,1-3H3,(H,71,72)/b11-8-,12-9-,19-16-,20-17-,21-18-,27-25-,28-26-,34-32-,41-37-,42-39-,51-48-. The molecule has 0 saturated carbocycles. The first kappa shape index (κ1) is 73.6. The van der Waals surface area contributed by atoms with Gasteiger partial charge in [0, 0.05) is 19.3 Å². The van der Waals surface area contributed by atoms with Crippen LogP contribution in [0.4, 0.5) is 0 Å². The quantitative estimate of drug-likeness (QED) is 0.0197. The highest BCUT2D eigenvalue weighted by atomic mass is 31.2. The van der Waals surface area contributed by atoms with Gasteiger partial charge in [-0.1, -0.05) is 219 Å². The SMILES string of the molecule is CC/C=C\C/C=C\C/C=C\C/C=C\C/C=C\C/C=C\CCC(=O)OC(COC(=O)CCCCCCCCCCC/C=C\C/C=C\CCCCC)COP(=O)(O)OCC(CO)OC(=O)CCCCC/C=C\C/C=C\C/C=C\CC. The Balaban J connectivity index is 4.87. The highest BCUT2D eigenvalue weighted by Gasteiger charge is 2.28. The van der Waals surface area contributed by atoms with Crippen molar-refractivity contribution in [3.8, 4) is 0 Å². The van der Waals surface area contributed by atoms with Crippen molar-refractivity contribution >= 4 is 25.7 Å². The molecule has 0 aliphatic carbocycles. The van der Waals surface area contributed by atoms with E-state index in [-0.39, 0.29) is 25.9 Å². The average Bonchev–Trinajstić information content (AvgIpc) is 3.43. The molecule has 0 bridgehead atoms. The Bertz CT molecular complexity index is 1820. The highest BCUT2D eigenvalue weighted by Crippen LogP contribution is 2.43. The molecule has 0 aromatic heterocycles. The number of aliphatic hydroxyl groups excluding tert-OH is 1. The van der Waals surface area contributed by atoms with Gasteiger partial charge in [0.15, 0.2) is 6.10 Å². The van der Waals surface area contributed by atoms with E-state index in [0.717, 1.165) is 103 Å². The highest BCUT2D eigenvalue weighted by molar-refractivity contribution is 7.47. The van der Waals surface area contributed by atoms with Gasteiger partial charge in [0.05, 0.1) is 19.8 Å². The molecule has 442 valence electrons. The van der Waals surface area contributed by atoms with Gasteiger partial charge in [0.1, 0.15) is 12.7 Å². The fourth-order valence-corrected chi connectivity index (χ4v) is 8.33. The molecule has 3 atom stereocenters. The van der Waals surface area contributed by atoms with Crippen LogP contribution in [0.1, 0.15) is 226 Å². The van der Waals surface area contributed by atoms with Gasteiger partial charge >= 0.3 is 25.7 Å². The van der Waals surface area contributed by atoms with Crippen LogP contribution >= 0.6 is 7.82 Å². The second-order valence-electron chi connectivity index (χ2n) is 19.4. The number of allylic oxidation sites excluding steroid dienone is 22. The second-order valence-corrected chi connectivity index (χ2v) is 20.8. The van der Waals surface area contributed by atoms with Gasteiger partial charge in [-0.25, -0.2) is 4.57 Å². The Kier molecular flexibility index (Phi) is 55.5. The number of phosphoric acid groups is 1. The molecule has 0 aromatic rings. The molecule has 0 aromatic carbocycles. The van der Waals surface area contributed by atoms with E-state index in [0.29, 0.717) is 25.7 Å². The molecule has 78 heavy (non-hydrogen) atoms. The van der Waals surface area contributed by atoms with Crippen LogP contribution in [0, 0.1) is 0 Å². The lowest BCUT2D eigenvalue weighted by Crippen LogP contribution is -2.30. The van der Waals surface area contributed by atoms with Crippen LogP contribution in [-0.2, 0) is 42.2 Å². The van der Waals surface area contributed by atoms with Crippen LogP contribution in [0.3, 0.4) is 0 Å². The maximum absolute atomic E-state index is 12.9. The minimum absolute atomic E-state index is 0.0324. The number of ether oxygens (including phenoxy) is 3. The van der Waals surface area contributed by atoms with E-state index in [1.54, 1.807) is 0 Å². The van der Waals surface area contributed by atoms with E-state index >= 15 is 0 Å². The van der Waals surface area contributed by atoms with Crippen LogP contribution in [0.25, 0.3) is 0 Å². The van der Waals surface area contributed by atoms with Gasteiger partial charge in [-0.05, 0) is 122 Å². The lowest BCUT2D eigenvalue weighted by Gasteiger charge is -2.21. The van der Waals surface area contributed by atoms with Crippen molar-refractivity contribution in [2.45, 2.75) is 238 Å². The molecule has 11 nitrogen and oxygen atoms in total. The minimum Gasteiger partial charge on any atom is -0.462 e. The van der Waals surface area contributed by atoms with Crippen LogP contribution in [0.15, 0.2) is 134 Å². The summed E-state index contributed by atoms with van der Waals surface area (Å²) in [6.07, 6.45) is 74.3. The molecule has 0 saturated heterocycles. The number of carbonyl (C=O) groups is 3. The molecule has 0 radical (unpaired) electrons. The molecule has 0 aliphatic rings. The van der Waals surface area contributed by atoms with Gasteiger partial charge in [0.2, 0.25) is 0 Å². The summed E-state index contributed by atoms with van der Waals surface area (Å²) in [5.41, 5.74) is 0. The number of carbonyl (C=O) groups excluding carboxylic acids is 3. The molecular weight excluding hydrogens is 1000 g/mol. The van der Waals surface area contributed by atoms with E-state index in [1.807, 2.05) is 12.2 Å². The monoisotopic (exact) mass is 1110 g/mol. The Labute approximate surface area is 474 Å². The summed E-state index contributed by atoms with van der Waals surface area (Å²) in [7, 11) is -4.79. The van der Waals surface area contributed by atoms with Crippen LogP contribution in [0.2, 0.25) is 0 Å². The summed E-state index contributed by atoms with van der Waals surface area (Å²) in [4.78, 5) is 48.6. The van der Waals surface area contributed by atoms with Crippen LogP contribution in [-0.4, -0.2) is 66.5 Å². The van der Waals surface area contributed by atoms with Crippen molar-refractivity contribution < 1.29 is 52.2 Å². The van der Waals surface area contributed by atoms with Gasteiger partial charge in [-0.2, -0.15) is 0 Å². The van der Waals surface area contributed by atoms with Gasteiger partial charge in [0.25, 0.3) is 0 Å². The summed E-state index contributed by atoms with van der Waals surface area (Å²) in [6.45, 7) is 4.26. The van der Waals surface area contributed by atoms with Crippen molar-refractivity contribution in [1.82, 2.24) is 0 Å². The van der Waals surface area contributed by atoms with Crippen LogP contribution in [0.5, 0.6) is 0 Å². The zero-order valence-electron chi connectivity index (χ0n) is 48.8. The smallest absolute Gasteiger partial charge is 0.462 e. The summed E-state index contributed by atoms with van der Waals surface area (Å²) >= 11 is 0. The number of esters is 3. The fraction of sp³-hybridized carbons (Fsp3) is 0.621. The first-order valence-corrected chi connectivity index (χ1v) is 31.6. The number of hydrogen-bond donors (Lipinski definition) is 2. The zero-order valence-corrected chi connectivity index (χ0v) is 49.7. The molecule has 3 unspecified atom stereocenters. The van der Waals surface area contributed by atoms with E-state index in [9.17, 15) is 28.9 Å². The predicted molar refractivity (Wildman–Crippen MR) is 325 cm³/mol. The second kappa shape index (κ2) is 58.8. The van der Waals surface area contributed by atoms with Gasteiger partial charge < -0.3 is 24.2 Å². The Morgan fingerprint density at radius 3 is 1.12 bits per heavy atom. The van der Waals surface area contributed by atoms with Crippen LogP contribution < -0.4 is 0 Å². The lowest BCUT2D eigenvalue weighted by molar-refractivity contribution is -0.161. The molecular formula is C66H107O11P. The molecule has 12 heteroatoms. The molecule has 0 rings (SSSR count). The average molecular weight is 1110 g/mol. The fourth-order valence-electron chi connectivity index (χ4n) is 7.54. The first-order chi connectivity index (χ1) is 38.2. The Morgan fingerprint density at radius 1 is 0.372 bits per heavy atom. The third kappa shape index (κ3) is 56.3. The summed E-state index contributed by atoms with van der Waals surface area (Å²) < 4.78 is 39.4. The predicted octanol–water partition coefficient (Wildman–Crippen LogP) is 18.1. The Morgan fingerprint density at radius 2 is 0.692 bits per heavy atom. The molecule has 0 aliphatic heterocycles. The topological polar surface area (TPSA) is 155 Å². The summed E-state index contributed by atoms with van der Waals surface area (Å²) in [5.74, 6) is -1.61. The third-order valence-corrected chi connectivity index (χ3v) is 13.0.